The lowest BCUT2D eigenvalue weighted by Crippen LogP contribution is -2.54. The molecule has 3 rings (SSSR count). The predicted octanol–water partition coefficient (Wildman–Crippen LogP) is 3.76. The first kappa shape index (κ1) is 19.4. The van der Waals surface area contributed by atoms with E-state index in [1.165, 1.54) is 6.08 Å². The molecule has 4 amide bonds. The number of para-hydroxylation sites is 1. The van der Waals surface area contributed by atoms with Crippen molar-refractivity contribution in [2.75, 3.05) is 4.90 Å². The molecular formula is C22H22N2O4. The number of rotatable bonds is 4. The third kappa shape index (κ3) is 3.67. The molecule has 1 saturated heterocycles. The smallest absolute Gasteiger partial charge is 0.335 e. The van der Waals surface area contributed by atoms with Gasteiger partial charge in [-0.15, -0.1) is 0 Å². The summed E-state index contributed by atoms with van der Waals surface area (Å²) in [6, 6.07) is 11.7. The highest BCUT2D eigenvalue weighted by atomic mass is 16.5. The second-order valence-corrected chi connectivity index (χ2v) is 6.88. The number of urea groups is 1. The molecule has 0 atom stereocenters. The van der Waals surface area contributed by atoms with Gasteiger partial charge in [0.2, 0.25) is 0 Å². The normalized spacial score (nSPS) is 16.0. The Bertz CT molecular complexity index is 992. The predicted molar refractivity (Wildman–Crippen MR) is 107 cm³/mol. The third-order valence-corrected chi connectivity index (χ3v) is 4.50. The van der Waals surface area contributed by atoms with Crippen molar-refractivity contribution in [3.63, 3.8) is 0 Å². The number of benzene rings is 2. The van der Waals surface area contributed by atoms with E-state index in [9.17, 15) is 14.4 Å². The summed E-state index contributed by atoms with van der Waals surface area (Å²) >= 11 is 0. The molecule has 0 bridgehead atoms. The zero-order valence-corrected chi connectivity index (χ0v) is 16.3. The van der Waals surface area contributed by atoms with Crippen LogP contribution in [0.15, 0.2) is 48.0 Å². The summed E-state index contributed by atoms with van der Waals surface area (Å²) in [6.07, 6.45) is 1.39. The standard InChI is InChI=1S/C22H22N2O4/c1-13(2)28-19-11-6-5-9-16(19)12-17-20(25)23-22(27)24(21(17)26)18-10-7-8-14(3)15(18)4/h5-13H,1-4H3,(H,23,25,27)/b17-12+. The number of amides is 4. The summed E-state index contributed by atoms with van der Waals surface area (Å²) < 4.78 is 5.76. The highest BCUT2D eigenvalue weighted by Crippen LogP contribution is 2.28. The van der Waals surface area contributed by atoms with Gasteiger partial charge in [0.25, 0.3) is 11.8 Å². The van der Waals surface area contributed by atoms with Gasteiger partial charge in [-0.3, -0.25) is 14.9 Å². The van der Waals surface area contributed by atoms with E-state index in [0.29, 0.717) is 17.0 Å². The fourth-order valence-corrected chi connectivity index (χ4v) is 2.97. The van der Waals surface area contributed by atoms with Gasteiger partial charge in [0.1, 0.15) is 11.3 Å². The van der Waals surface area contributed by atoms with Crippen LogP contribution in [0.4, 0.5) is 10.5 Å². The minimum absolute atomic E-state index is 0.0662. The first-order valence-corrected chi connectivity index (χ1v) is 9.03. The molecule has 1 fully saturated rings. The summed E-state index contributed by atoms with van der Waals surface area (Å²) in [7, 11) is 0. The zero-order chi connectivity index (χ0) is 20.4. The number of anilines is 1. The summed E-state index contributed by atoms with van der Waals surface area (Å²) in [4.78, 5) is 38.9. The van der Waals surface area contributed by atoms with Crippen molar-refractivity contribution in [1.82, 2.24) is 5.32 Å². The van der Waals surface area contributed by atoms with E-state index in [0.717, 1.165) is 16.0 Å². The SMILES string of the molecule is Cc1cccc(N2C(=O)NC(=O)/C(=C\c3ccccc3OC(C)C)C2=O)c1C. The number of nitrogens with zero attached hydrogens (tertiary/aromatic N) is 1. The Labute approximate surface area is 163 Å². The van der Waals surface area contributed by atoms with Gasteiger partial charge in [-0.25, -0.2) is 9.69 Å². The summed E-state index contributed by atoms with van der Waals surface area (Å²) in [6.45, 7) is 7.51. The van der Waals surface area contributed by atoms with Crippen molar-refractivity contribution in [1.29, 1.82) is 0 Å². The number of imide groups is 2. The minimum Gasteiger partial charge on any atom is -0.490 e. The van der Waals surface area contributed by atoms with Crippen LogP contribution in [0, 0.1) is 13.8 Å². The van der Waals surface area contributed by atoms with Gasteiger partial charge >= 0.3 is 6.03 Å². The van der Waals surface area contributed by atoms with Crippen LogP contribution in [-0.2, 0) is 9.59 Å². The van der Waals surface area contributed by atoms with E-state index in [4.69, 9.17) is 4.74 Å². The highest BCUT2D eigenvalue weighted by molar-refractivity contribution is 6.39. The number of aryl methyl sites for hydroxylation is 1. The van der Waals surface area contributed by atoms with Gasteiger partial charge in [-0.1, -0.05) is 30.3 Å². The van der Waals surface area contributed by atoms with Crippen LogP contribution >= 0.6 is 0 Å². The molecule has 0 radical (unpaired) electrons. The van der Waals surface area contributed by atoms with Crippen LogP contribution in [-0.4, -0.2) is 23.9 Å². The molecule has 6 heteroatoms. The van der Waals surface area contributed by atoms with Crippen molar-refractivity contribution >= 4 is 29.6 Å². The third-order valence-electron chi connectivity index (χ3n) is 4.50. The average molecular weight is 378 g/mol. The Morgan fingerprint density at radius 1 is 1.00 bits per heavy atom. The Balaban J connectivity index is 2.06. The van der Waals surface area contributed by atoms with Crippen LogP contribution in [0.2, 0.25) is 0 Å². The molecular weight excluding hydrogens is 356 g/mol. The second kappa shape index (κ2) is 7.68. The molecule has 1 aliphatic rings. The van der Waals surface area contributed by atoms with Gasteiger partial charge in [-0.05, 0) is 57.0 Å². The fourth-order valence-electron chi connectivity index (χ4n) is 2.97. The van der Waals surface area contributed by atoms with Crippen molar-refractivity contribution in [2.24, 2.45) is 0 Å². The number of ether oxygens (including phenoxy) is 1. The zero-order valence-electron chi connectivity index (χ0n) is 16.3. The van der Waals surface area contributed by atoms with Crippen molar-refractivity contribution in [3.8, 4) is 5.75 Å². The molecule has 28 heavy (non-hydrogen) atoms. The molecule has 0 aliphatic carbocycles. The van der Waals surface area contributed by atoms with Gasteiger partial charge in [0.15, 0.2) is 0 Å². The first-order chi connectivity index (χ1) is 13.3. The van der Waals surface area contributed by atoms with E-state index in [-0.39, 0.29) is 11.7 Å². The number of carbonyl (C=O) groups is 3. The summed E-state index contributed by atoms with van der Waals surface area (Å²) in [5.41, 5.74) is 2.65. The van der Waals surface area contributed by atoms with E-state index >= 15 is 0 Å². The molecule has 6 nitrogen and oxygen atoms in total. The van der Waals surface area contributed by atoms with Gasteiger partial charge in [0, 0.05) is 5.56 Å². The minimum atomic E-state index is -0.757. The van der Waals surface area contributed by atoms with E-state index in [1.54, 1.807) is 30.3 Å². The molecule has 0 unspecified atom stereocenters. The quantitative estimate of drug-likeness (QED) is 0.649. The molecule has 2 aromatic rings. The highest BCUT2D eigenvalue weighted by Gasteiger charge is 2.37. The Kier molecular flexibility index (Phi) is 5.31. The summed E-state index contributed by atoms with van der Waals surface area (Å²) in [5, 5.41) is 2.25. The lowest BCUT2D eigenvalue weighted by atomic mass is 10.0. The maximum absolute atomic E-state index is 13.1. The number of carbonyl (C=O) groups excluding carboxylic acids is 3. The van der Waals surface area contributed by atoms with Crippen LogP contribution in [0.25, 0.3) is 6.08 Å². The first-order valence-electron chi connectivity index (χ1n) is 9.03. The van der Waals surface area contributed by atoms with E-state index in [1.807, 2.05) is 39.8 Å². The summed E-state index contributed by atoms with van der Waals surface area (Å²) in [5.74, 6) is -0.835. The number of hydrogen-bond acceptors (Lipinski definition) is 4. The van der Waals surface area contributed by atoms with Crippen LogP contribution < -0.4 is 15.0 Å². The molecule has 0 aromatic heterocycles. The maximum Gasteiger partial charge on any atom is 0.335 e. The van der Waals surface area contributed by atoms with Crippen LogP contribution in [0.5, 0.6) is 5.75 Å². The average Bonchev–Trinajstić information content (AvgIpc) is 2.63. The maximum atomic E-state index is 13.1. The van der Waals surface area contributed by atoms with Crippen LogP contribution in [0.1, 0.15) is 30.5 Å². The van der Waals surface area contributed by atoms with E-state index < -0.39 is 17.8 Å². The Morgan fingerprint density at radius 2 is 1.71 bits per heavy atom. The molecule has 1 heterocycles. The lowest BCUT2D eigenvalue weighted by Gasteiger charge is -2.28. The van der Waals surface area contributed by atoms with E-state index in [2.05, 4.69) is 5.32 Å². The van der Waals surface area contributed by atoms with Gasteiger partial charge in [-0.2, -0.15) is 0 Å². The molecule has 2 aromatic carbocycles. The van der Waals surface area contributed by atoms with Gasteiger partial charge in [0.05, 0.1) is 11.8 Å². The van der Waals surface area contributed by atoms with Crippen LogP contribution in [0.3, 0.4) is 0 Å². The number of barbiturate groups is 1. The molecule has 0 saturated carbocycles. The van der Waals surface area contributed by atoms with Crippen molar-refractivity contribution in [3.05, 3.63) is 64.7 Å². The molecule has 1 N–H and O–H groups in total. The second-order valence-electron chi connectivity index (χ2n) is 6.88. The Hall–Kier alpha value is -3.41. The lowest BCUT2D eigenvalue weighted by molar-refractivity contribution is -0.122. The Morgan fingerprint density at radius 3 is 2.43 bits per heavy atom. The topological polar surface area (TPSA) is 75.7 Å². The molecule has 1 aliphatic heterocycles. The number of hydrogen-bond donors (Lipinski definition) is 1. The van der Waals surface area contributed by atoms with Crippen molar-refractivity contribution in [2.45, 2.75) is 33.8 Å². The molecule has 144 valence electrons. The van der Waals surface area contributed by atoms with Gasteiger partial charge < -0.3 is 4.74 Å². The largest absolute Gasteiger partial charge is 0.490 e. The fraction of sp³-hybridized carbons (Fsp3) is 0.227. The van der Waals surface area contributed by atoms with Crippen molar-refractivity contribution < 1.29 is 19.1 Å². The monoisotopic (exact) mass is 378 g/mol. The number of nitrogens with one attached hydrogen (secondary N) is 1. The molecule has 0 spiro atoms.